The Morgan fingerprint density at radius 3 is 2.00 bits per heavy atom. The summed E-state index contributed by atoms with van der Waals surface area (Å²) in [5, 5.41) is 23.8. The van der Waals surface area contributed by atoms with Gasteiger partial charge >= 0.3 is 13.3 Å². The summed E-state index contributed by atoms with van der Waals surface area (Å²) in [6, 6.07) is 6.31. The van der Waals surface area contributed by atoms with Gasteiger partial charge in [0.2, 0.25) is 23.6 Å². The first-order valence-electron chi connectivity index (χ1n) is 23.9. The maximum atomic E-state index is 14.8. The normalized spacial score (nSPS) is 24.2. The Hall–Kier alpha value is -4.03. The quantitative estimate of drug-likeness (QED) is 0.0513. The van der Waals surface area contributed by atoms with Crippen LogP contribution in [-0.2, 0) is 34.9 Å². The van der Waals surface area contributed by atoms with Crippen LogP contribution in [-0.4, -0.2) is 96.5 Å². The first kappa shape index (κ1) is 52.9. The van der Waals surface area contributed by atoms with Gasteiger partial charge in [0.25, 0.3) is 0 Å². The number of aliphatic hydroxyl groups excluding tert-OH is 1. The molecule has 3 saturated carbocycles. The SMILES string of the molecule is CCCCc1ccc(-c2ccc(C(N[C@@H](CCCCN)C(=O)N[C@H](C(=O)N[C@@H](C)C(=O)N[C@@H](CC(C)C)C(=O)N[C@@H](C)B3OC4C[C@@H]5C[C@@H](C5(C)C)[C@]4(C)O3)[C@@H](C)O)C(F)(F)F)cc2)cc1. The van der Waals surface area contributed by atoms with Gasteiger partial charge in [-0.3, -0.25) is 24.5 Å². The van der Waals surface area contributed by atoms with E-state index >= 15 is 0 Å². The van der Waals surface area contributed by atoms with Crippen LogP contribution in [0.5, 0.6) is 0 Å². The van der Waals surface area contributed by atoms with Gasteiger partial charge in [0.05, 0.1) is 29.8 Å². The third kappa shape index (κ3) is 12.7. The molecule has 13 nitrogen and oxygen atoms in total. The average molecular weight is 927 g/mol. The van der Waals surface area contributed by atoms with Crippen LogP contribution < -0.4 is 32.3 Å². The number of aliphatic hydroxyl groups is 1. The lowest BCUT2D eigenvalue weighted by atomic mass is 9.43. The summed E-state index contributed by atoms with van der Waals surface area (Å²) in [6.45, 7) is 17.2. The molecule has 8 N–H and O–H groups in total. The third-order valence-corrected chi connectivity index (χ3v) is 14.2. The van der Waals surface area contributed by atoms with Crippen molar-refractivity contribution in [1.82, 2.24) is 26.6 Å². The molecule has 2 aromatic rings. The van der Waals surface area contributed by atoms with Crippen LogP contribution in [0.25, 0.3) is 11.1 Å². The summed E-state index contributed by atoms with van der Waals surface area (Å²) in [6.07, 6.45) is -0.405. The maximum Gasteiger partial charge on any atom is 0.481 e. The number of hydrogen-bond acceptors (Lipinski definition) is 9. The molecule has 2 aromatic carbocycles. The molecule has 66 heavy (non-hydrogen) atoms. The average Bonchev–Trinajstić information content (AvgIpc) is 3.62. The molecule has 2 bridgehead atoms. The summed E-state index contributed by atoms with van der Waals surface area (Å²) in [5.41, 5.74) is 8.02. The summed E-state index contributed by atoms with van der Waals surface area (Å²) in [7, 11) is -0.675. The lowest BCUT2D eigenvalue weighted by Gasteiger charge is -2.64. The summed E-state index contributed by atoms with van der Waals surface area (Å²) in [4.78, 5) is 54.8. The number of halogens is 3. The standard InChI is InChI=1S/C49H74BF3N6O7/c1-10-11-14-32-16-18-33(19-17-32)34-20-22-35(23-21-34)42(49(51,52)53)57-37(15-12-13-24-54)44(62)59-41(30(5)60)46(64)55-29(4)43(61)58-38(25-28(2)3)45(63)56-31(6)50-65-40-27-36-26-39(47(36,7)8)48(40,9)66-50/h16-23,28-31,36-42,57,60H,10-15,24-27,54H2,1-9H3,(H,55,64)(H,56,63)(H,58,61)(H,59,62)/t29-,30+,31-,36-,37-,38-,39-,40?,41-,42?,48-/m0/s1. The molecular weight excluding hydrogens is 852 g/mol. The number of nitrogens with one attached hydrogen (secondary N) is 5. The fraction of sp³-hybridized carbons (Fsp3) is 0.673. The van der Waals surface area contributed by atoms with E-state index in [0.29, 0.717) is 24.7 Å². The summed E-state index contributed by atoms with van der Waals surface area (Å²) in [5.74, 6) is -2.71. The van der Waals surface area contributed by atoms with Crippen molar-refractivity contribution in [2.24, 2.45) is 28.9 Å². The van der Waals surface area contributed by atoms with Crippen molar-refractivity contribution in [3.8, 4) is 11.1 Å². The van der Waals surface area contributed by atoms with Gasteiger partial charge in [-0.1, -0.05) is 96.0 Å². The molecule has 366 valence electrons. The molecule has 1 aliphatic heterocycles. The van der Waals surface area contributed by atoms with Crippen LogP contribution >= 0.6 is 0 Å². The van der Waals surface area contributed by atoms with Crippen LogP contribution in [0, 0.1) is 23.2 Å². The molecule has 0 spiro atoms. The van der Waals surface area contributed by atoms with Crippen molar-refractivity contribution in [3.63, 3.8) is 0 Å². The van der Waals surface area contributed by atoms with Gasteiger partial charge in [0.15, 0.2) is 0 Å². The van der Waals surface area contributed by atoms with Gasteiger partial charge in [0, 0.05) is 0 Å². The second kappa shape index (κ2) is 22.4. The van der Waals surface area contributed by atoms with Crippen LogP contribution in [0.3, 0.4) is 0 Å². The van der Waals surface area contributed by atoms with Crippen LogP contribution in [0.1, 0.15) is 131 Å². The molecule has 0 aromatic heterocycles. The van der Waals surface area contributed by atoms with E-state index in [1.807, 2.05) is 38.1 Å². The first-order chi connectivity index (χ1) is 31.0. The van der Waals surface area contributed by atoms with Crippen LogP contribution in [0.4, 0.5) is 13.2 Å². The molecule has 0 radical (unpaired) electrons. The van der Waals surface area contributed by atoms with E-state index < -0.39 is 84.8 Å². The molecular formula is C49H74BF3N6O7. The summed E-state index contributed by atoms with van der Waals surface area (Å²) < 4.78 is 57.2. The third-order valence-electron chi connectivity index (χ3n) is 14.2. The topological polar surface area (TPSA) is 193 Å². The number of benzene rings is 2. The Balaban J connectivity index is 1.21. The van der Waals surface area contributed by atoms with Gasteiger partial charge in [-0.2, -0.15) is 13.2 Å². The molecule has 4 aliphatic rings. The number of rotatable bonds is 23. The Bertz CT molecular complexity index is 1950. The molecule has 4 fully saturated rings. The van der Waals surface area contributed by atoms with E-state index in [-0.39, 0.29) is 42.4 Å². The zero-order chi connectivity index (χ0) is 48.7. The highest BCUT2D eigenvalue weighted by molar-refractivity contribution is 6.47. The number of carbonyl (C=O) groups excluding carboxylic acids is 4. The van der Waals surface area contributed by atoms with Crippen molar-refractivity contribution in [2.75, 3.05) is 6.54 Å². The lowest BCUT2D eigenvalue weighted by molar-refractivity contribution is -0.199. The highest BCUT2D eigenvalue weighted by Gasteiger charge is 2.68. The van der Waals surface area contributed by atoms with E-state index in [9.17, 15) is 37.5 Å². The van der Waals surface area contributed by atoms with Gasteiger partial charge in [-0.25, -0.2) is 0 Å². The minimum absolute atomic E-state index is 0.00776. The van der Waals surface area contributed by atoms with Crippen molar-refractivity contribution in [2.45, 2.75) is 180 Å². The Morgan fingerprint density at radius 1 is 0.818 bits per heavy atom. The van der Waals surface area contributed by atoms with Crippen LogP contribution in [0.2, 0.25) is 0 Å². The van der Waals surface area contributed by atoms with Crippen molar-refractivity contribution in [3.05, 3.63) is 59.7 Å². The highest BCUT2D eigenvalue weighted by atomic mass is 19.4. The number of hydrogen-bond donors (Lipinski definition) is 7. The van der Waals surface area contributed by atoms with Gasteiger partial charge in [-0.05, 0) is 125 Å². The number of unbranched alkanes of at least 4 members (excludes halogenated alkanes) is 2. The zero-order valence-corrected chi connectivity index (χ0v) is 40.2. The predicted octanol–water partition coefficient (Wildman–Crippen LogP) is 6.06. The first-order valence-corrected chi connectivity index (χ1v) is 23.9. The Kier molecular flexibility index (Phi) is 18.0. The van der Waals surface area contributed by atoms with Gasteiger partial charge in [0.1, 0.15) is 24.2 Å². The second-order valence-electron chi connectivity index (χ2n) is 20.2. The number of carbonyl (C=O) groups is 4. The minimum Gasteiger partial charge on any atom is -0.404 e. The maximum absolute atomic E-state index is 14.8. The number of aryl methyl sites for hydroxylation is 1. The number of alkyl halides is 3. The van der Waals surface area contributed by atoms with Crippen molar-refractivity contribution < 1.29 is 46.8 Å². The Morgan fingerprint density at radius 2 is 1.44 bits per heavy atom. The van der Waals surface area contributed by atoms with Crippen molar-refractivity contribution in [1.29, 1.82) is 0 Å². The molecule has 1 heterocycles. The minimum atomic E-state index is -4.81. The molecule has 4 amide bonds. The molecule has 3 aliphatic carbocycles. The fourth-order valence-electron chi connectivity index (χ4n) is 10.0. The van der Waals surface area contributed by atoms with E-state index in [1.54, 1.807) is 19.1 Å². The molecule has 1 saturated heterocycles. The van der Waals surface area contributed by atoms with E-state index in [0.717, 1.165) is 43.2 Å². The van der Waals surface area contributed by atoms with Crippen LogP contribution in [0.15, 0.2) is 48.5 Å². The molecule has 17 heteroatoms. The second-order valence-corrected chi connectivity index (χ2v) is 20.2. The van der Waals surface area contributed by atoms with E-state index in [4.69, 9.17) is 15.0 Å². The molecule has 2 unspecified atom stereocenters. The van der Waals surface area contributed by atoms with E-state index in [2.05, 4.69) is 54.3 Å². The van der Waals surface area contributed by atoms with Gasteiger partial charge in [-0.15, -0.1) is 0 Å². The lowest BCUT2D eigenvalue weighted by Crippen LogP contribution is -2.65. The molecule has 11 atom stereocenters. The zero-order valence-electron chi connectivity index (χ0n) is 40.2. The monoisotopic (exact) mass is 927 g/mol. The van der Waals surface area contributed by atoms with Crippen molar-refractivity contribution >= 4 is 30.7 Å². The largest absolute Gasteiger partial charge is 0.481 e. The Labute approximate surface area is 389 Å². The number of nitrogens with two attached hydrogens (primary N) is 1. The van der Waals surface area contributed by atoms with E-state index in [1.165, 1.54) is 31.5 Å². The highest BCUT2D eigenvalue weighted by Crippen LogP contribution is 2.65. The molecule has 6 rings (SSSR count). The van der Waals surface area contributed by atoms with Gasteiger partial charge < -0.3 is 41.4 Å². The predicted molar refractivity (Wildman–Crippen MR) is 249 cm³/mol. The fourth-order valence-corrected chi connectivity index (χ4v) is 10.0. The summed E-state index contributed by atoms with van der Waals surface area (Å²) >= 11 is 0. The smallest absolute Gasteiger partial charge is 0.404 e. The number of amides is 4.